The molecule has 0 aromatic carbocycles. The van der Waals surface area contributed by atoms with Crippen LogP contribution in [0.25, 0.3) is 0 Å². The second kappa shape index (κ2) is 8.92. The fourth-order valence-electron chi connectivity index (χ4n) is 10.2. The molecule has 0 aliphatic heterocycles. The Labute approximate surface area is 213 Å². The lowest BCUT2D eigenvalue weighted by molar-refractivity contribution is -0.187. The summed E-state index contributed by atoms with van der Waals surface area (Å²) in [5.41, 5.74) is 0.669. The van der Waals surface area contributed by atoms with Crippen molar-refractivity contribution in [1.82, 2.24) is 10.6 Å². The molecule has 0 aromatic rings. The minimum Gasteiger partial charge on any atom is -0.466 e. The molecule has 2 bridgehead atoms. The van der Waals surface area contributed by atoms with Gasteiger partial charge in [-0.2, -0.15) is 0 Å². The molecule has 5 aliphatic rings. The third-order valence-electron chi connectivity index (χ3n) is 11.6. The Morgan fingerprint density at radius 2 is 1.65 bits per heavy atom. The third kappa shape index (κ3) is 3.91. The van der Waals surface area contributed by atoms with E-state index in [9.17, 15) is 4.79 Å². The van der Waals surface area contributed by atoms with Crippen LogP contribution < -0.4 is 10.6 Å². The molecule has 4 nitrogen and oxygen atoms in total. The third-order valence-corrected chi connectivity index (χ3v) is 11.9. The van der Waals surface area contributed by atoms with E-state index >= 15 is 0 Å². The molecule has 5 heteroatoms. The first kappa shape index (κ1) is 24.8. The number of carbonyl (C=O) groups excluding carboxylic acids is 1. The van der Waals surface area contributed by atoms with Gasteiger partial charge in [-0.3, -0.25) is 4.79 Å². The lowest BCUT2D eigenvalue weighted by atomic mass is 9.40. The highest BCUT2D eigenvalue weighted by atomic mass is 32.1. The van der Waals surface area contributed by atoms with Gasteiger partial charge in [0, 0.05) is 12.1 Å². The van der Waals surface area contributed by atoms with E-state index in [0.29, 0.717) is 41.4 Å². The molecule has 1 spiro atoms. The highest BCUT2D eigenvalue weighted by Crippen LogP contribution is 2.73. The lowest BCUT2D eigenvalue weighted by Crippen LogP contribution is -2.58. The van der Waals surface area contributed by atoms with Gasteiger partial charge in [0.05, 0.1) is 12.0 Å². The summed E-state index contributed by atoms with van der Waals surface area (Å²) in [5, 5.41) is 8.41. The summed E-state index contributed by atoms with van der Waals surface area (Å²) in [4.78, 5) is 13.2. The van der Waals surface area contributed by atoms with E-state index in [-0.39, 0.29) is 16.8 Å². The van der Waals surface area contributed by atoms with Crippen molar-refractivity contribution in [3.8, 4) is 0 Å². The first-order valence-corrected chi connectivity index (χ1v) is 14.8. The van der Waals surface area contributed by atoms with Gasteiger partial charge in [-0.25, -0.2) is 0 Å². The maximum absolute atomic E-state index is 13.2. The standard InChI is InChI=1S/C29H48N2O2S/c1-5-33-24(32)28(4)15-9-14-27(3)21(28)13-17-29-18-23(26(2,19-29)16-12-22(27)29)31-25(34)30-20-10-7-6-8-11-20/h20-23H,5-19H2,1-4H3,(H2,30,31,34)/t21-,22-,23+,26-,27+,28+,29-/m0/s1. The van der Waals surface area contributed by atoms with Crippen LogP contribution in [-0.4, -0.2) is 29.8 Å². The van der Waals surface area contributed by atoms with E-state index in [1.165, 1.54) is 77.0 Å². The Kier molecular flexibility index (Phi) is 6.52. The normalized spacial score (nSPS) is 46.2. The molecule has 0 radical (unpaired) electrons. The van der Waals surface area contributed by atoms with Gasteiger partial charge in [-0.15, -0.1) is 0 Å². The molecular weight excluding hydrogens is 440 g/mol. The van der Waals surface area contributed by atoms with Crippen LogP contribution in [-0.2, 0) is 9.53 Å². The summed E-state index contributed by atoms with van der Waals surface area (Å²) < 4.78 is 5.64. The predicted octanol–water partition coefficient (Wildman–Crippen LogP) is 6.52. The van der Waals surface area contributed by atoms with Crippen molar-refractivity contribution in [2.45, 2.75) is 130 Å². The molecule has 192 valence electrons. The summed E-state index contributed by atoms with van der Waals surface area (Å²) in [6.07, 6.45) is 17.6. The van der Waals surface area contributed by atoms with Crippen LogP contribution in [0.4, 0.5) is 0 Å². The van der Waals surface area contributed by atoms with Crippen molar-refractivity contribution < 1.29 is 9.53 Å². The Hall–Kier alpha value is -0.840. The van der Waals surface area contributed by atoms with Crippen LogP contribution >= 0.6 is 12.2 Å². The van der Waals surface area contributed by atoms with E-state index in [4.69, 9.17) is 17.0 Å². The quantitative estimate of drug-likeness (QED) is 0.349. The molecule has 5 aliphatic carbocycles. The van der Waals surface area contributed by atoms with Crippen LogP contribution in [0.2, 0.25) is 0 Å². The molecular formula is C29H48N2O2S. The Balaban J connectivity index is 1.33. The maximum atomic E-state index is 13.2. The Morgan fingerprint density at radius 1 is 0.912 bits per heavy atom. The van der Waals surface area contributed by atoms with Gasteiger partial charge >= 0.3 is 5.97 Å². The Bertz CT molecular complexity index is 812. The van der Waals surface area contributed by atoms with Crippen molar-refractivity contribution in [3.05, 3.63) is 0 Å². The first-order valence-electron chi connectivity index (χ1n) is 14.4. The van der Waals surface area contributed by atoms with Gasteiger partial charge in [0.1, 0.15) is 0 Å². The van der Waals surface area contributed by atoms with E-state index in [2.05, 4.69) is 31.4 Å². The van der Waals surface area contributed by atoms with E-state index in [0.717, 1.165) is 18.0 Å². The molecule has 5 fully saturated rings. The fourth-order valence-corrected chi connectivity index (χ4v) is 10.5. The summed E-state index contributed by atoms with van der Waals surface area (Å²) in [7, 11) is 0. The molecule has 0 unspecified atom stereocenters. The van der Waals surface area contributed by atoms with E-state index in [1.807, 2.05) is 6.92 Å². The number of carbonyl (C=O) groups is 1. The number of nitrogens with one attached hydrogen (secondary N) is 2. The van der Waals surface area contributed by atoms with Gasteiger partial charge < -0.3 is 15.4 Å². The summed E-state index contributed by atoms with van der Waals surface area (Å²) in [5.74, 6) is 1.23. The van der Waals surface area contributed by atoms with Gasteiger partial charge in [0.25, 0.3) is 0 Å². The lowest BCUT2D eigenvalue weighted by Gasteiger charge is -2.64. The molecule has 5 saturated carbocycles. The predicted molar refractivity (Wildman–Crippen MR) is 141 cm³/mol. The van der Waals surface area contributed by atoms with Crippen LogP contribution in [0.15, 0.2) is 0 Å². The highest BCUT2D eigenvalue weighted by molar-refractivity contribution is 7.80. The monoisotopic (exact) mass is 488 g/mol. The Morgan fingerprint density at radius 3 is 2.38 bits per heavy atom. The molecule has 2 N–H and O–H groups in total. The zero-order valence-corrected chi connectivity index (χ0v) is 23.0. The van der Waals surface area contributed by atoms with Gasteiger partial charge in [-0.05, 0) is 118 Å². The summed E-state index contributed by atoms with van der Waals surface area (Å²) >= 11 is 5.85. The molecule has 7 atom stereocenters. The van der Waals surface area contributed by atoms with E-state index < -0.39 is 0 Å². The smallest absolute Gasteiger partial charge is 0.312 e. The number of hydrogen-bond acceptors (Lipinski definition) is 3. The second-order valence-electron chi connectivity index (χ2n) is 13.6. The van der Waals surface area contributed by atoms with Crippen LogP contribution in [0.5, 0.6) is 0 Å². The van der Waals surface area contributed by atoms with Crippen molar-refractivity contribution >= 4 is 23.3 Å². The zero-order valence-electron chi connectivity index (χ0n) is 22.1. The van der Waals surface area contributed by atoms with E-state index in [1.54, 1.807) is 0 Å². The molecule has 0 amide bonds. The largest absolute Gasteiger partial charge is 0.466 e. The van der Waals surface area contributed by atoms with Crippen LogP contribution in [0.3, 0.4) is 0 Å². The first-order chi connectivity index (χ1) is 16.2. The van der Waals surface area contributed by atoms with Crippen molar-refractivity contribution in [2.24, 2.45) is 33.5 Å². The molecule has 34 heavy (non-hydrogen) atoms. The minimum atomic E-state index is -0.312. The van der Waals surface area contributed by atoms with Gasteiger partial charge in [0.2, 0.25) is 0 Å². The van der Waals surface area contributed by atoms with Crippen molar-refractivity contribution in [3.63, 3.8) is 0 Å². The number of thiocarbonyl (C=S) groups is 1. The second-order valence-corrected chi connectivity index (χ2v) is 14.0. The van der Waals surface area contributed by atoms with Gasteiger partial charge in [0.15, 0.2) is 5.11 Å². The van der Waals surface area contributed by atoms with Crippen LogP contribution in [0, 0.1) is 33.5 Å². The number of esters is 1. The maximum Gasteiger partial charge on any atom is 0.312 e. The average molecular weight is 489 g/mol. The van der Waals surface area contributed by atoms with Crippen molar-refractivity contribution in [1.29, 1.82) is 0 Å². The highest BCUT2D eigenvalue weighted by Gasteiger charge is 2.68. The number of hydrogen-bond donors (Lipinski definition) is 2. The average Bonchev–Trinajstić information content (AvgIpc) is 2.98. The van der Waals surface area contributed by atoms with Crippen LogP contribution in [0.1, 0.15) is 118 Å². The molecule has 0 heterocycles. The molecule has 5 rings (SSSR count). The fraction of sp³-hybridized carbons (Fsp3) is 0.931. The minimum absolute atomic E-state index is 0.0626. The SMILES string of the molecule is CCOC(=O)[C@]1(C)CCC[C@@]2(C)[C@@H]3CC[C@@]4(C)C[C@]3(CC[C@@H]21)C[C@H]4NC(=S)NC1CCCCC1. The molecule has 0 saturated heterocycles. The zero-order chi connectivity index (χ0) is 24.2. The summed E-state index contributed by atoms with van der Waals surface area (Å²) in [6.45, 7) is 9.74. The summed E-state index contributed by atoms with van der Waals surface area (Å²) in [6, 6.07) is 1.03. The van der Waals surface area contributed by atoms with Crippen molar-refractivity contribution in [2.75, 3.05) is 6.61 Å². The van der Waals surface area contributed by atoms with Gasteiger partial charge in [-0.1, -0.05) is 39.5 Å². The molecule has 0 aromatic heterocycles. The number of fused-ring (bicyclic) bond motifs is 3. The number of ether oxygens (including phenoxy) is 1. The number of rotatable bonds is 4. The topological polar surface area (TPSA) is 50.4 Å².